The molecule has 0 radical (unpaired) electrons. The smallest absolute Gasteiger partial charge is 0.224 e. The molecule has 1 aliphatic rings. The van der Waals surface area contributed by atoms with Gasteiger partial charge in [-0.2, -0.15) is 0 Å². The number of nitrogens with zero attached hydrogens (tertiary/aromatic N) is 1. The molecule has 2 aromatic rings. The summed E-state index contributed by atoms with van der Waals surface area (Å²) >= 11 is 6.55. The average Bonchev–Trinajstić information content (AvgIpc) is 3.31. The van der Waals surface area contributed by atoms with E-state index in [1.54, 1.807) is 19.1 Å². The summed E-state index contributed by atoms with van der Waals surface area (Å²) in [5, 5.41) is 25.5. The van der Waals surface area contributed by atoms with Gasteiger partial charge in [0.1, 0.15) is 18.3 Å². The minimum absolute atomic E-state index is 0.0272. The molecule has 1 aliphatic heterocycles. The molecule has 0 aliphatic carbocycles. The highest BCUT2D eigenvalue weighted by molar-refractivity contribution is 6.31. The van der Waals surface area contributed by atoms with Crippen LogP contribution in [-0.4, -0.2) is 60.7 Å². The lowest BCUT2D eigenvalue weighted by atomic mass is 9.93. The quantitative estimate of drug-likeness (QED) is 0.347. The molecular formula is C27H36ClNO6. The number of methoxy groups -OCH3 is 1. The van der Waals surface area contributed by atoms with Crippen LogP contribution in [0, 0.1) is 0 Å². The fourth-order valence-electron chi connectivity index (χ4n) is 3.99. The van der Waals surface area contributed by atoms with Gasteiger partial charge in [-0.05, 0) is 62.4 Å². The lowest BCUT2D eigenvalue weighted by molar-refractivity contribution is -0.260. The van der Waals surface area contributed by atoms with Crippen LogP contribution in [0.25, 0.3) is 0 Å². The Balaban J connectivity index is 1.88. The number of rotatable bonds is 11. The van der Waals surface area contributed by atoms with Crippen LogP contribution in [0.15, 0.2) is 47.6 Å². The normalized spacial score (nSPS) is 22.4. The second-order valence-electron chi connectivity index (χ2n) is 9.01. The molecule has 3 rings (SSSR count). The number of oxime groups is 1. The third-order valence-corrected chi connectivity index (χ3v) is 6.44. The van der Waals surface area contributed by atoms with Crippen LogP contribution in [0.2, 0.25) is 5.02 Å². The summed E-state index contributed by atoms with van der Waals surface area (Å²) < 4.78 is 17.4. The molecule has 2 aromatic carbocycles. The zero-order chi connectivity index (χ0) is 25.6. The van der Waals surface area contributed by atoms with Crippen LogP contribution < -0.4 is 0 Å². The van der Waals surface area contributed by atoms with Crippen molar-refractivity contribution in [3.8, 4) is 0 Å². The topological polar surface area (TPSA) is 89.7 Å². The standard InChI is InChI=1S/C27H36ClNO6/c1-6-25(29-35-17(2)3)20-9-7-19(8-10-20)13-21-14-22(11-12-24(21)28)27(26(31)18(4)32-5)33-16-23(15-30)34-27/h7-12,14,17-18,23,26,30-31H,6,13,15-16H2,1-5H3. The highest BCUT2D eigenvalue weighted by Crippen LogP contribution is 2.40. The largest absolute Gasteiger partial charge is 0.394 e. The van der Waals surface area contributed by atoms with Crippen LogP contribution in [0.3, 0.4) is 0 Å². The minimum atomic E-state index is -1.46. The molecule has 8 heteroatoms. The summed E-state index contributed by atoms with van der Waals surface area (Å²) in [5.74, 6) is -1.46. The summed E-state index contributed by atoms with van der Waals surface area (Å²) in [4.78, 5) is 5.42. The van der Waals surface area contributed by atoms with Crippen LogP contribution in [-0.2, 0) is 31.3 Å². The van der Waals surface area contributed by atoms with Gasteiger partial charge in [0.15, 0.2) is 0 Å². The maximum Gasteiger partial charge on any atom is 0.224 e. The summed E-state index contributed by atoms with van der Waals surface area (Å²) in [5.41, 5.74) is 4.44. The van der Waals surface area contributed by atoms with Gasteiger partial charge in [-0.15, -0.1) is 0 Å². The maximum atomic E-state index is 11.1. The molecule has 35 heavy (non-hydrogen) atoms. The lowest BCUT2D eigenvalue weighted by Gasteiger charge is -2.36. The Kier molecular flexibility index (Phi) is 9.69. The van der Waals surface area contributed by atoms with Gasteiger partial charge in [-0.1, -0.05) is 54.0 Å². The van der Waals surface area contributed by atoms with Gasteiger partial charge in [0.2, 0.25) is 5.79 Å². The van der Waals surface area contributed by atoms with E-state index in [1.807, 2.05) is 51.1 Å². The second-order valence-corrected chi connectivity index (χ2v) is 9.42. The van der Waals surface area contributed by atoms with Crippen molar-refractivity contribution in [2.24, 2.45) is 5.16 Å². The summed E-state index contributed by atoms with van der Waals surface area (Å²) in [7, 11) is 1.51. The molecule has 0 amide bonds. The Morgan fingerprint density at radius 3 is 2.49 bits per heavy atom. The predicted octanol–water partition coefficient (Wildman–Crippen LogP) is 4.43. The number of aliphatic hydroxyl groups is 2. The van der Waals surface area contributed by atoms with E-state index in [9.17, 15) is 10.2 Å². The van der Waals surface area contributed by atoms with Gasteiger partial charge < -0.3 is 29.3 Å². The summed E-state index contributed by atoms with van der Waals surface area (Å²) in [6, 6.07) is 13.6. The first-order chi connectivity index (χ1) is 16.7. The first-order valence-corrected chi connectivity index (χ1v) is 12.4. The fraction of sp³-hybridized carbons (Fsp3) is 0.519. The third kappa shape index (κ3) is 6.42. The van der Waals surface area contributed by atoms with E-state index in [0.29, 0.717) is 17.0 Å². The van der Waals surface area contributed by atoms with Crippen LogP contribution >= 0.6 is 11.6 Å². The van der Waals surface area contributed by atoms with Crippen molar-refractivity contribution in [1.82, 2.24) is 0 Å². The Morgan fingerprint density at radius 2 is 1.91 bits per heavy atom. The molecule has 0 aromatic heterocycles. The highest BCUT2D eigenvalue weighted by atomic mass is 35.5. The zero-order valence-electron chi connectivity index (χ0n) is 21.0. The molecule has 2 N–H and O–H groups in total. The Hall–Kier alpha value is -2.00. The molecule has 1 saturated heterocycles. The number of benzene rings is 2. The molecule has 192 valence electrons. The molecule has 1 fully saturated rings. The van der Waals surface area contributed by atoms with Crippen molar-refractivity contribution in [2.45, 2.75) is 70.7 Å². The van der Waals surface area contributed by atoms with Crippen molar-refractivity contribution < 1.29 is 29.3 Å². The zero-order valence-corrected chi connectivity index (χ0v) is 21.8. The van der Waals surface area contributed by atoms with E-state index < -0.39 is 24.1 Å². The first-order valence-electron chi connectivity index (χ1n) is 12.0. The highest BCUT2D eigenvalue weighted by Gasteiger charge is 2.51. The van der Waals surface area contributed by atoms with Crippen LogP contribution in [0.4, 0.5) is 0 Å². The number of halogens is 1. The van der Waals surface area contributed by atoms with E-state index in [4.69, 9.17) is 30.6 Å². The Morgan fingerprint density at radius 1 is 1.20 bits per heavy atom. The maximum absolute atomic E-state index is 11.1. The van der Waals surface area contributed by atoms with Gasteiger partial charge in [0.25, 0.3) is 0 Å². The SMILES string of the molecule is CCC(=NOC(C)C)c1ccc(Cc2cc(C3(C(O)C(C)OC)OCC(CO)O3)ccc2Cl)cc1. The monoisotopic (exact) mass is 505 g/mol. The molecule has 4 atom stereocenters. The fourth-order valence-corrected chi connectivity index (χ4v) is 4.17. The van der Waals surface area contributed by atoms with Gasteiger partial charge >= 0.3 is 0 Å². The Labute approximate surface area is 212 Å². The van der Waals surface area contributed by atoms with E-state index in [0.717, 1.165) is 28.8 Å². The predicted molar refractivity (Wildman–Crippen MR) is 136 cm³/mol. The molecule has 0 spiro atoms. The molecule has 1 heterocycles. The lowest BCUT2D eigenvalue weighted by Crippen LogP contribution is -2.48. The van der Waals surface area contributed by atoms with Gasteiger partial charge in [0.05, 0.1) is 25.0 Å². The summed E-state index contributed by atoms with van der Waals surface area (Å²) in [6.07, 6.45) is -0.859. The van der Waals surface area contributed by atoms with Crippen molar-refractivity contribution in [2.75, 3.05) is 20.3 Å². The van der Waals surface area contributed by atoms with Crippen molar-refractivity contribution in [3.63, 3.8) is 0 Å². The Bertz CT molecular complexity index is 996. The number of hydrogen-bond donors (Lipinski definition) is 2. The average molecular weight is 506 g/mol. The van der Waals surface area contributed by atoms with E-state index in [-0.39, 0.29) is 19.3 Å². The molecule has 7 nitrogen and oxygen atoms in total. The van der Waals surface area contributed by atoms with Gasteiger partial charge in [0, 0.05) is 17.7 Å². The van der Waals surface area contributed by atoms with E-state index in [1.165, 1.54) is 7.11 Å². The number of ether oxygens (including phenoxy) is 3. The van der Waals surface area contributed by atoms with E-state index in [2.05, 4.69) is 5.16 Å². The van der Waals surface area contributed by atoms with Crippen molar-refractivity contribution in [3.05, 3.63) is 69.7 Å². The molecule has 0 saturated carbocycles. The first kappa shape index (κ1) is 27.6. The van der Waals surface area contributed by atoms with Gasteiger partial charge in [-0.25, -0.2) is 0 Å². The second kappa shape index (κ2) is 12.3. The summed E-state index contributed by atoms with van der Waals surface area (Å²) in [6.45, 7) is 7.62. The number of aliphatic hydroxyl groups excluding tert-OH is 2. The van der Waals surface area contributed by atoms with Crippen molar-refractivity contribution >= 4 is 17.3 Å². The third-order valence-electron chi connectivity index (χ3n) is 6.07. The molecule has 4 unspecified atom stereocenters. The minimum Gasteiger partial charge on any atom is -0.394 e. The van der Waals surface area contributed by atoms with E-state index >= 15 is 0 Å². The number of hydrogen-bond acceptors (Lipinski definition) is 7. The molecular weight excluding hydrogens is 470 g/mol. The van der Waals surface area contributed by atoms with Gasteiger partial charge in [-0.3, -0.25) is 0 Å². The van der Waals surface area contributed by atoms with Crippen molar-refractivity contribution in [1.29, 1.82) is 0 Å². The van der Waals surface area contributed by atoms with Crippen LogP contribution in [0.5, 0.6) is 0 Å². The molecule has 0 bridgehead atoms. The van der Waals surface area contributed by atoms with Crippen LogP contribution in [0.1, 0.15) is 56.4 Å².